The van der Waals surface area contributed by atoms with Crippen LogP contribution in [0.2, 0.25) is 0 Å². The van der Waals surface area contributed by atoms with Crippen LogP contribution < -0.4 is 5.32 Å². The summed E-state index contributed by atoms with van der Waals surface area (Å²) in [6, 6.07) is 0.308. The minimum absolute atomic E-state index is 0.0710. The molecule has 6 nitrogen and oxygen atoms in total. The first-order valence-electron chi connectivity index (χ1n) is 7.68. The van der Waals surface area contributed by atoms with Crippen LogP contribution in [0.3, 0.4) is 0 Å². The molecule has 0 radical (unpaired) electrons. The van der Waals surface area contributed by atoms with Crippen molar-refractivity contribution in [3.05, 3.63) is 11.8 Å². The quantitative estimate of drug-likeness (QED) is 0.898. The van der Waals surface area contributed by atoms with E-state index in [-0.39, 0.29) is 18.4 Å². The van der Waals surface area contributed by atoms with Gasteiger partial charge in [-0.1, -0.05) is 0 Å². The van der Waals surface area contributed by atoms with Crippen LogP contribution in [0.1, 0.15) is 44.2 Å². The summed E-state index contributed by atoms with van der Waals surface area (Å²) in [7, 11) is 0. The highest BCUT2D eigenvalue weighted by Crippen LogP contribution is 2.40. The third-order valence-electron chi connectivity index (χ3n) is 4.43. The second-order valence-electron chi connectivity index (χ2n) is 6.17. The van der Waals surface area contributed by atoms with E-state index in [1.165, 1.54) is 12.8 Å². The number of likely N-dealkylation sites (tertiary alicyclic amines) is 1. The Kier molecular flexibility index (Phi) is 3.69. The molecule has 1 atom stereocenters. The highest BCUT2D eigenvalue weighted by Gasteiger charge is 2.31. The van der Waals surface area contributed by atoms with E-state index in [1.807, 2.05) is 11.6 Å². The molecule has 1 saturated heterocycles. The highest BCUT2D eigenvalue weighted by atomic mass is 16.2. The Morgan fingerprint density at radius 2 is 2.29 bits per heavy atom. The van der Waals surface area contributed by atoms with E-state index in [2.05, 4.69) is 17.3 Å². The number of aromatic nitrogens is 2. The van der Waals surface area contributed by atoms with Gasteiger partial charge < -0.3 is 10.2 Å². The Balaban J connectivity index is 1.67. The Morgan fingerprint density at radius 3 is 2.90 bits per heavy atom. The predicted molar refractivity (Wildman–Crippen MR) is 78.8 cm³/mol. The van der Waals surface area contributed by atoms with Crippen molar-refractivity contribution in [2.45, 2.75) is 45.6 Å². The molecule has 1 aliphatic heterocycles. The minimum Gasteiger partial charge on any atom is -0.333 e. The zero-order chi connectivity index (χ0) is 15.0. The first-order chi connectivity index (χ1) is 10.1. The summed E-state index contributed by atoms with van der Waals surface area (Å²) in [5.74, 6) is 1.37. The van der Waals surface area contributed by atoms with Crippen molar-refractivity contribution in [1.29, 1.82) is 0 Å². The van der Waals surface area contributed by atoms with Crippen LogP contribution in [-0.2, 0) is 9.59 Å². The second kappa shape index (κ2) is 5.50. The van der Waals surface area contributed by atoms with E-state index in [1.54, 1.807) is 11.1 Å². The average Bonchev–Trinajstić information content (AvgIpc) is 3.14. The lowest BCUT2D eigenvalue weighted by Gasteiger charge is -2.18. The first-order valence-corrected chi connectivity index (χ1v) is 7.68. The average molecular weight is 290 g/mol. The lowest BCUT2D eigenvalue weighted by atomic mass is 10.2. The number of amides is 2. The smallest absolute Gasteiger partial charge is 0.245 e. The molecule has 1 aliphatic carbocycles. The number of nitrogens with one attached hydrogen (secondary N) is 1. The summed E-state index contributed by atoms with van der Waals surface area (Å²) < 4.78 is 1.91. The largest absolute Gasteiger partial charge is 0.333 e. The molecule has 0 aromatic carbocycles. The SMILES string of the molecule is Cc1cnn([C@H](C)C2CC2)c1NC(=O)CN1CCCC1=O. The minimum atomic E-state index is -0.141. The zero-order valence-electron chi connectivity index (χ0n) is 12.6. The van der Waals surface area contributed by atoms with Gasteiger partial charge >= 0.3 is 0 Å². The Bertz CT molecular complexity index is 562. The fourth-order valence-corrected chi connectivity index (χ4v) is 2.91. The van der Waals surface area contributed by atoms with E-state index in [4.69, 9.17) is 0 Å². The summed E-state index contributed by atoms with van der Waals surface area (Å²) in [4.78, 5) is 25.4. The van der Waals surface area contributed by atoms with Gasteiger partial charge in [0.05, 0.1) is 18.8 Å². The van der Waals surface area contributed by atoms with Gasteiger partial charge in [0.2, 0.25) is 11.8 Å². The van der Waals surface area contributed by atoms with Crippen molar-refractivity contribution in [1.82, 2.24) is 14.7 Å². The van der Waals surface area contributed by atoms with Gasteiger partial charge in [0.1, 0.15) is 5.82 Å². The molecule has 0 unspecified atom stereocenters. The van der Waals surface area contributed by atoms with E-state index in [0.717, 1.165) is 17.8 Å². The molecule has 21 heavy (non-hydrogen) atoms. The number of anilines is 1. The van der Waals surface area contributed by atoms with Gasteiger partial charge in [-0.2, -0.15) is 5.10 Å². The van der Waals surface area contributed by atoms with E-state index in [9.17, 15) is 9.59 Å². The molecule has 3 rings (SSSR count). The standard InChI is InChI=1S/C15H22N4O2/c1-10-8-16-19(11(2)12-5-6-12)15(10)17-13(20)9-18-7-3-4-14(18)21/h8,11-12H,3-7,9H2,1-2H3,(H,17,20)/t11-/m1/s1. The summed E-state index contributed by atoms with van der Waals surface area (Å²) >= 11 is 0. The van der Waals surface area contributed by atoms with Gasteiger partial charge in [0.25, 0.3) is 0 Å². The normalized spacial score (nSPS) is 19.9. The number of hydrogen-bond acceptors (Lipinski definition) is 3. The van der Waals surface area contributed by atoms with Crippen molar-refractivity contribution in [2.75, 3.05) is 18.4 Å². The van der Waals surface area contributed by atoms with Crippen LogP contribution in [0.25, 0.3) is 0 Å². The van der Waals surface area contributed by atoms with Crippen LogP contribution in [0, 0.1) is 12.8 Å². The maximum Gasteiger partial charge on any atom is 0.245 e. The number of carbonyl (C=O) groups excluding carboxylic acids is 2. The lowest BCUT2D eigenvalue weighted by Crippen LogP contribution is -2.34. The molecule has 2 aliphatic rings. The van der Waals surface area contributed by atoms with Crippen molar-refractivity contribution in [3.63, 3.8) is 0 Å². The van der Waals surface area contributed by atoms with E-state index < -0.39 is 0 Å². The second-order valence-corrected chi connectivity index (χ2v) is 6.17. The van der Waals surface area contributed by atoms with E-state index >= 15 is 0 Å². The molecule has 6 heteroatoms. The molecule has 1 aromatic heterocycles. The maximum atomic E-state index is 12.2. The molecule has 0 spiro atoms. The first kappa shape index (κ1) is 14.1. The van der Waals surface area contributed by atoms with Crippen LogP contribution in [0.15, 0.2) is 6.20 Å². The molecular formula is C15H22N4O2. The number of hydrogen-bond donors (Lipinski definition) is 1. The van der Waals surface area contributed by atoms with Crippen LogP contribution in [0.5, 0.6) is 0 Å². The van der Waals surface area contributed by atoms with Crippen LogP contribution in [-0.4, -0.2) is 39.6 Å². The number of rotatable bonds is 5. The van der Waals surface area contributed by atoms with E-state index in [0.29, 0.717) is 24.9 Å². The summed E-state index contributed by atoms with van der Waals surface area (Å²) in [6.45, 7) is 4.91. The summed E-state index contributed by atoms with van der Waals surface area (Å²) in [5, 5.41) is 7.34. The molecule has 2 amide bonds. The number of carbonyl (C=O) groups is 2. The lowest BCUT2D eigenvalue weighted by molar-refractivity contribution is -0.131. The van der Waals surface area contributed by atoms with Crippen molar-refractivity contribution < 1.29 is 9.59 Å². The number of nitrogens with zero attached hydrogens (tertiary/aromatic N) is 3. The fraction of sp³-hybridized carbons (Fsp3) is 0.667. The third kappa shape index (κ3) is 2.94. The zero-order valence-corrected chi connectivity index (χ0v) is 12.6. The van der Waals surface area contributed by atoms with Crippen LogP contribution in [0.4, 0.5) is 5.82 Å². The topological polar surface area (TPSA) is 67.2 Å². The predicted octanol–water partition coefficient (Wildman–Crippen LogP) is 1.72. The fourth-order valence-electron chi connectivity index (χ4n) is 2.91. The monoisotopic (exact) mass is 290 g/mol. The van der Waals surface area contributed by atoms with Gasteiger partial charge in [0, 0.05) is 18.5 Å². The van der Waals surface area contributed by atoms with Gasteiger partial charge in [0.15, 0.2) is 0 Å². The van der Waals surface area contributed by atoms with Crippen LogP contribution >= 0.6 is 0 Å². The molecule has 2 heterocycles. The molecule has 1 N–H and O–H groups in total. The van der Waals surface area contributed by atoms with Gasteiger partial charge in [-0.05, 0) is 39.0 Å². The van der Waals surface area contributed by atoms with Gasteiger partial charge in [-0.25, -0.2) is 4.68 Å². The molecule has 2 fully saturated rings. The Hall–Kier alpha value is -1.85. The third-order valence-corrected chi connectivity index (χ3v) is 4.43. The van der Waals surface area contributed by atoms with Gasteiger partial charge in [-0.15, -0.1) is 0 Å². The number of aryl methyl sites for hydroxylation is 1. The summed E-state index contributed by atoms with van der Waals surface area (Å²) in [5.41, 5.74) is 0.962. The maximum absolute atomic E-state index is 12.2. The molecule has 0 bridgehead atoms. The molecule has 1 saturated carbocycles. The van der Waals surface area contributed by atoms with Crippen molar-refractivity contribution in [3.8, 4) is 0 Å². The molecular weight excluding hydrogens is 268 g/mol. The van der Waals surface area contributed by atoms with Crippen molar-refractivity contribution in [2.24, 2.45) is 5.92 Å². The molecule has 1 aromatic rings. The molecule has 114 valence electrons. The van der Waals surface area contributed by atoms with Gasteiger partial charge in [-0.3, -0.25) is 9.59 Å². The summed E-state index contributed by atoms with van der Waals surface area (Å²) in [6.07, 6.45) is 5.66. The Morgan fingerprint density at radius 1 is 1.52 bits per heavy atom. The Labute approximate surface area is 124 Å². The van der Waals surface area contributed by atoms with Crippen molar-refractivity contribution >= 4 is 17.6 Å². The highest BCUT2D eigenvalue weighted by molar-refractivity contribution is 5.94.